The van der Waals surface area contributed by atoms with E-state index in [0.717, 1.165) is 0 Å². The molecule has 0 bridgehead atoms. The average Bonchev–Trinajstić information content (AvgIpc) is 2.37. The first-order valence-electron chi connectivity index (χ1n) is 6.43. The Morgan fingerprint density at radius 2 is 2.10 bits per heavy atom. The van der Waals surface area contributed by atoms with Crippen LogP contribution in [0.1, 0.15) is 25.5 Å². The zero-order chi connectivity index (χ0) is 15.7. The number of morpholine rings is 1. The van der Waals surface area contributed by atoms with Crippen LogP contribution in [0.4, 0.5) is 0 Å². The molecule has 2 rings (SSSR count). The van der Waals surface area contributed by atoms with E-state index < -0.39 is 18.1 Å². The molecule has 1 aromatic rings. The second-order valence-corrected chi connectivity index (χ2v) is 5.92. The van der Waals surface area contributed by atoms with Gasteiger partial charge in [0.2, 0.25) is 5.91 Å². The third-order valence-corrected chi connectivity index (χ3v) is 3.90. The van der Waals surface area contributed by atoms with Crippen LogP contribution in [0.15, 0.2) is 18.2 Å². The number of carbonyl (C=O) groups is 2. The Balaban J connectivity index is 2.54. The van der Waals surface area contributed by atoms with Crippen LogP contribution >= 0.6 is 23.2 Å². The lowest BCUT2D eigenvalue weighted by Gasteiger charge is -2.42. The first-order chi connectivity index (χ1) is 9.82. The molecular weight excluding hydrogens is 317 g/mol. The van der Waals surface area contributed by atoms with E-state index in [-0.39, 0.29) is 18.6 Å². The van der Waals surface area contributed by atoms with Crippen molar-refractivity contribution in [3.8, 4) is 0 Å². The summed E-state index contributed by atoms with van der Waals surface area (Å²) in [6, 6.07) is 3.80. The van der Waals surface area contributed by atoms with Crippen LogP contribution in [0.2, 0.25) is 10.0 Å². The van der Waals surface area contributed by atoms with E-state index in [1.807, 2.05) is 13.8 Å². The van der Waals surface area contributed by atoms with Crippen LogP contribution < -0.4 is 0 Å². The van der Waals surface area contributed by atoms with Crippen molar-refractivity contribution >= 4 is 35.1 Å². The number of carboxylic acid groups (broad SMARTS) is 1. The fourth-order valence-corrected chi connectivity index (χ4v) is 3.02. The van der Waals surface area contributed by atoms with Crippen molar-refractivity contribution in [3.63, 3.8) is 0 Å². The van der Waals surface area contributed by atoms with Crippen molar-refractivity contribution in [1.82, 2.24) is 4.90 Å². The largest absolute Gasteiger partial charge is 0.479 e. The summed E-state index contributed by atoms with van der Waals surface area (Å²) < 4.78 is 5.20. The number of carboxylic acids is 1. The first-order valence-corrected chi connectivity index (χ1v) is 7.19. The smallest absolute Gasteiger partial charge is 0.335 e. The minimum Gasteiger partial charge on any atom is -0.479 e. The van der Waals surface area contributed by atoms with Gasteiger partial charge in [-0.05, 0) is 31.5 Å². The van der Waals surface area contributed by atoms with Gasteiger partial charge in [0.15, 0.2) is 6.10 Å². The highest BCUT2D eigenvalue weighted by Crippen LogP contribution is 2.36. The molecule has 21 heavy (non-hydrogen) atoms. The first kappa shape index (κ1) is 16.1. The SMILES string of the molecule is CC(C)N1C(=O)COC(C(=O)O)C1c1ccc(Cl)cc1Cl. The number of halogens is 2. The van der Waals surface area contributed by atoms with Gasteiger partial charge < -0.3 is 14.7 Å². The molecule has 1 aliphatic rings. The summed E-state index contributed by atoms with van der Waals surface area (Å²) in [5.41, 5.74) is 0.509. The quantitative estimate of drug-likeness (QED) is 0.924. The zero-order valence-corrected chi connectivity index (χ0v) is 13.1. The number of hydrogen-bond donors (Lipinski definition) is 1. The van der Waals surface area contributed by atoms with Crippen molar-refractivity contribution in [1.29, 1.82) is 0 Å². The Morgan fingerprint density at radius 1 is 1.43 bits per heavy atom. The standard InChI is InChI=1S/C14H15Cl2NO4/c1-7(2)17-11(18)6-21-13(14(19)20)12(17)9-4-3-8(15)5-10(9)16/h3-5,7,12-13H,6H2,1-2H3,(H,19,20). The van der Waals surface area contributed by atoms with Gasteiger partial charge in [0.25, 0.3) is 0 Å². The van der Waals surface area contributed by atoms with Crippen LogP contribution in [0.25, 0.3) is 0 Å². The van der Waals surface area contributed by atoms with Crippen molar-refractivity contribution in [2.45, 2.75) is 32.0 Å². The fourth-order valence-electron chi connectivity index (χ4n) is 2.50. The summed E-state index contributed by atoms with van der Waals surface area (Å²) in [5, 5.41) is 10.1. The number of nitrogens with zero attached hydrogens (tertiary/aromatic N) is 1. The summed E-state index contributed by atoms with van der Waals surface area (Å²) >= 11 is 12.0. The lowest BCUT2D eigenvalue weighted by Crippen LogP contribution is -2.54. The molecule has 0 aliphatic carbocycles. The number of hydrogen-bond acceptors (Lipinski definition) is 3. The van der Waals surface area contributed by atoms with Gasteiger partial charge >= 0.3 is 5.97 Å². The second-order valence-electron chi connectivity index (χ2n) is 5.08. The lowest BCUT2D eigenvalue weighted by atomic mass is 9.96. The zero-order valence-electron chi connectivity index (χ0n) is 11.5. The van der Waals surface area contributed by atoms with E-state index >= 15 is 0 Å². The normalized spacial score (nSPS) is 22.7. The molecule has 2 unspecified atom stereocenters. The van der Waals surface area contributed by atoms with Crippen LogP contribution in [0.5, 0.6) is 0 Å². The van der Waals surface area contributed by atoms with Crippen LogP contribution in [0, 0.1) is 0 Å². The van der Waals surface area contributed by atoms with Gasteiger partial charge in [-0.2, -0.15) is 0 Å². The fraction of sp³-hybridized carbons (Fsp3) is 0.429. The third kappa shape index (κ3) is 3.15. The highest BCUT2D eigenvalue weighted by molar-refractivity contribution is 6.35. The summed E-state index contributed by atoms with van der Waals surface area (Å²) in [5.74, 6) is -1.40. The molecule has 1 fully saturated rings. The summed E-state index contributed by atoms with van der Waals surface area (Å²) in [7, 11) is 0. The molecule has 0 spiro atoms. The minimum absolute atomic E-state index is 0.181. The molecule has 1 amide bonds. The van der Waals surface area contributed by atoms with Gasteiger partial charge in [-0.1, -0.05) is 29.3 Å². The van der Waals surface area contributed by atoms with Gasteiger partial charge in [0, 0.05) is 16.1 Å². The molecule has 114 valence electrons. The Kier molecular flexibility index (Phi) is 4.76. The molecule has 7 heteroatoms. The highest BCUT2D eigenvalue weighted by Gasteiger charge is 2.43. The van der Waals surface area contributed by atoms with Crippen molar-refractivity contribution in [3.05, 3.63) is 33.8 Å². The maximum atomic E-state index is 12.1. The van der Waals surface area contributed by atoms with Crippen LogP contribution in [-0.2, 0) is 14.3 Å². The van der Waals surface area contributed by atoms with E-state index in [9.17, 15) is 14.7 Å². The third-order valence-electron chi connectivity index (χ3n) is 3.34. The highest BCUT2D eigenvalue weighted by atomic mass is 35.5. The lowest BCUT2D eigenvalue weighted by molar-refractivity contribution is -0.175. The molecule has 5 nitrogen and oxygen atoms in total. The van der Waals surface area contributed by atoms with Crippen molar-refractivity contribution in [2.24, 2.45) is 0 Å². The van der Waals surface area contributed by atoms with Crippen LogP contribution in [0.3, 0.4) is 0 Å². The molecule has 1 saturated heterocycles. The van der Waals surface area contributed by atoms with E-state index in [0.29, 0.717) is 15.6 Å². The number of rotatable bonds is 3. The summed E-state index contributed by atoms with van der Waals surface area (Å²) in [4.78, 5) is 25.1. The molecular formula is C14H15Cl2NO4. The Hall–Kier alpha value is -1.30. The number of benzene rings is 1. The van der Waals surface area contributed by atoms with Crippen molar-refractivity contribution in [2.75, 3.05) is 6.61 Å². The number of aliphatic carboxylic acids is 1. The van der Waals surface area contributed by atoms with Gasteiger partial charge in [0.05, 0.1) is 6.04 Å². The molecule has 2 atom stereocenters. The molecule has 1 heterocycles. The number of amides is 1. The topological polar surface area (TPSA) is 66.8 Å². The molecule has 0 radical (unpaired) electrons. The summed E-state index contributed by atoms with van der Waals surface area (Å²) in [6.07, 6.45) is -1.16. The summed E-state index contributed by atoms with van der Waals surface area (Å²) in [6.45, 7) is 3.38. The van der Waals surface area contributed by atoms with Gasteiger partial charge in [-0.15, -0.1) is 0 Å². The molecule has 0 aromatic heterocycles. The monoisotopic (exact) mass is 331 g/mol. The predicted molar refractivity (Wildman–Crippen MR) is 78.6 cm³/mol. The van der Waals surface area contributed by atoms with E-state index in [1.54, 1.807) is 12.1 Å². The van der Waals surface area contributed by atoms with Crippen LogP contribution in [-0.4, -0.2) is 40.6 Å². The molecule has 0 saturated carbocycles. The minimum atomic E-state index is -1.16. The maximum Gasteiger partial charge on any atom is 0.335 e. The maximum absolute atomic E-state index is 12.1. The van der Waals surface area contributed by atoms with Gasteiger partial charge in [-0.3, -0.25) is 4.79 Å². The second kappa shape index (κ2) is 6.22. The van der Waals surface area contributed by atoms with E-state index in [1.165, 1.54) is 11.0 Å². The molecule has 1 N–H and O–H groups in total. The van der Waals surface area contributed by atoms with E-state index in [4.69, 9.17) is 27.9 Å². The number of carbonyl (C=O) groups excluding carboxylic acids is 1. The van der Waals surface area contributed by atoms with Gasteiger partial charge in [-0.25, -0.2) is 4.79 Å². The van der Waals surface area contributed by atoms with Gasteiger partial charge in [0.1, 0.15) is 6.61 Å². The molecule has 1 aromatic carbocycles. The Labute approximate surface area is 132 Å². The van der Waals surface area contributed by atoms with Crippen molar-refractivity contribution < 1.29 is 19.4 Å². The molecule has 1 aliphatic heterocycles. The Bertz CT molecular complexity index is 576. The van der Waals surface area contributed by atoms with E-state index in [2.05, 4.69) is 0 Å². The number of ether oxygens (including phenoxy) is 1. The Morgan fingerprint density at radius 3 is 2.62 bits per heavy atom. The predicted octanol–water partition coefficient (Wildman–Crippen LogP) is 2.75. The average molecular weight is 332 g/mol.